The molecule has 0 atom stereocenters. The normalized spacial score (nSPS) is 11.0. The van der Waals surface area contributed by atoms with E-state index in [1.54, 1.807) is 6.07 Å². The number of hydrogen-bond acceptors (Lipinski definition) is 2. The van der Waals surface area contributed by atoms with Crippen LogP contribution in [0.2, 0.25) is 0 Å². The fourth-order valence-electron chi connectivity index (χ4n) is 2.00. The van der Waals surface area contributed by atoms with Gasteiger partial charge in [-0.3, -0.25) is 9.59 Å². The van der Waals surface area contributed by atoms with E-state index in [-0.39, 0.29) is 24.2 Å². The van der Waals surface area contributed by atoms with Crippen molar-refractivity contribution in [3.8, 4) is 0 Å². The Morgan fingerprint density at radius 2 is 1.56 bits per heavy atom. The summed E-state index contributed by atoms with van der Waals surface area (Å²) in [6.45, 7) is -0.381. The fourth-order valence-corrected chi connectivity index (χ4v) is 2.00. The first-order chi connectivity index (χ1) is 11.8. The fraction of sp³-hybridized carbons (Fsp3) is 0.176. The van der Waals surface area contributed by atoms with Crippen LogP contribution in [0.5, 0.6) is 0 Å². The standard InChI is InChI=1S/C17H14F4N2O2/c18-14-4-2-1-3-11(14)9-15(24)22-10-16(25)23-13-7-5-12(6-8-13)17(19,20)21/h1-8H,9-10H2,(H,22,24)(H,23,25). The van der Waals surface area contributed by atoms with Gasteiger partial charge >= 0.3 is 6.18 Å². The van der Waals surface area contributed by atoms with Gasteiger partial charge < -0.3 is 10.6 Å². The minimum atomic E-state index is -4.46. The quantitative estimate of drug-likeness (QED) is 0.811. The van der Waals surface area contributed by atoms with Gasteiger partial charge in [-0.1, -0.05) is 18.2 Å². The number of halogens is 4. The Morgan fingerprint density at radius 3 is 2.16 bits per heavy atom. The molecule has 0 radical (unpaired) electrons. The molecule has 0 unspecified atom stereocenters. The topological polar surface area (TPSA) is 58.2 Å². The van der Waals surface area contributed by atoms with Gasteiger partial charge in [-0.15, -0.1) is 0 Å². The Hall–Kier alpha value is -2.90. The van der Waals surface area contributed by atoms with Crippen LogP contribution in [0, 0.1) is 5.82 Å². The Bertz CT molecular complexity index is 758. The monoisotopic (exact) mass is 354 g/mol. The van der Waals surface area contributed by atoms with Crippen molar-refractivity contribution in [2.75, 3.05) is 11.9 Å². The Morgan fingerprint density at radius 1 is 0.920 bits per heavy atom. The molecule has 2 aromatic rings. The second-order valence-corrected chi connectivity index (χ2v) is 5.17. The molecule has 4 nitrogen and oxygen atoms in total. The van der Waals surface area contributed by atoms with Crippen molar-refractivity contribution in [1.82, 2.24) is 5.32 Å². The SMILES string of the molecule is O=C(Cc1ccccc1F)NCC(=O)Nc1ccc(C(F)(F)F)cc1. The van der Waals surface area contributed by atoms with Crippen LogP contribution < -0.4 is 10.6 Å². The van der Waals surface area contributed by atoms with E-state index in [4.69, 9.17) is 0 Å². The number of alkyl halides is 3. The molecule has 0 aromatic heterocycles. The number of carbonyl (C=O) groups excluding carboxylic acids is 2. The number of anilines is 1. The summed E-state index contributed by atoms with van der Waals surface area (Å²) in [5.74, 6) is -1.68. The third kappa shape index (κ3) is 5.59. The molecule has 0 bridgehead atoms. The van der Waals surface area contributed by atoms with Gasteiger partial charge in [0.25, 0.3) is 0 Å². The van der Waals surface area contributed by atoms with E-state index >= 15 is 0 Å². The zero-order valence-corrected chi connectivity index (χ0v) is 12.9. The highest BCUT2D eigenvalue weighted by Crippen LogP contribution is 2.29. The van der Waals surface area contributed by atoms with Crippen molar-refractivity contribution >= 4 is 17.5 Å². The minimum Gasteiger partial charge on any atom is -0.347 e. The van der Waals surface area contributed by atoms with Gasteiger partial charge in [0.2, 0.25) is 11.8 Å². The summed E-state index contributed by atoms with van der Waals surface area (Å²) in [6.07, 6.45) is -4.68. The number of nitrogens with one attached hydrogen (secondary N) is 2. The summed E-state index contributed by atoms with van der Waals surface area (Å²) in [4.78, 5) is 23.4. The van der Waals surface area contributed by atoms with Gasteiger partial charge in [-0.05, 0) is 35.9 Å². The number of carbonyl (C=O) groups is 2. The maximum Gasteiger partial charge on any atom is 0.416 e. The molecule has 2 amide bonds. The smallest absolute Gasteiger partial charge is 0.347 e. The van der Waals surface area contributed by atoms with E-state index in [1.165, 1.54) is 18.2 Å². The average molecular weight is 354 g/mol. The van der Waals surface area contributed by atoms with Crippen LogP contribution >= 0.6 is 0 Å². The summed E-state index contributed by atoms with van der Waals surface area (Å²) in [7, 11) is 0. The molecule has 0 aliphatic rings. The molecule has 25 heavy (non-hydrogen) atoms. The number of rotatable bonds is 5. The van der Waals surface area contributed by atoms with Gasteiger partial charge in [0.05, 0.1) is 18.5 Å². The minimum absolute atomic E-state index is 0.168. The lowest BCUT2D eigenvalue weighted by Gasteiger charge is -2.09. The second kappa shape index (κ2) is 7.78. The molecular weight excluding hydrogens is 340 g/mol. The van der Waals surface area contributed by atoms with E-state index in [0.717, 1.165) is 24.3 Å². The third-order valence-electron chi connectivity index (χ3n) is 3.25. The lowest BCUT2D eigenvalue weighted by Crippen LogP contribution is -2.33. The first-order valence-corrected chi connectivity index (χ1v) is 7.23. The van der Waals surface area contributed by atoms with E-state index in [1.807, 2.05) is 0 Å². The van der Waals surface area contributed by atoms with Crippen molar-refractivity contribution in [1.29, 1.82) is 0 Å². The summed E-state index contributed by atoms with van der Waals surface area (Å²) in [5.41, 5.74) is -0.465. The molecule has 2 N–H and O–H groups in total. The molecule has 0 saturated carbocycles. The zero-order chi connectivity index (χ0) is 18.4. The summed E-state index contributed by atoms with van der Waals surface area (Å²) in [5, 5.41) is 4.67. The Labute approximate surface area is 140 Å². The van der Waals surface area contributed by atoms with E-state index in [9.17, 15) is 27.2 Å². The predicted molar refractivity (Wildman–Crippen MR) is 83.2 cm³/mol. The van der Waals surface area contributed by atoms with Crippen LogP contribution in [0.25, 0.3) is 0 Å². The van der Waals surface area contributed by atoms with Gasteiger partial charge in [0, 0.05) is 5.69 Å². The van der Waals surface area contributed by atoms with Crippen LogP contribution in [-0.4, -0.2) is 18.4 Å². The third-order valence-corrected chi connectivity index (χ3v) is 3.25. The van der Waals surface area contributed by atoms with Crippen LogP contribution in [0.15, 0.2) is 48.5 Å². The Kier molecular flexibility index (Phi) is 5.74. The van der Waals surface area contributed by atoms with Crippen LogP contribution in [0.4, 0.5) is 23.2 Å². The van der Waals surface area contributed by atoms with Crippen LogP contribution in [0.1, 0.15) is 11.1 Å². The number of benzene rings is 2. The number of amides is 2. The van der Waals surface area contributed by atoms with Crippen molar-refractivity contribution in [2.45, 2.75) is 12.6 Å². The van der Waals surface area contributed by atoms with Crippen LogP contribution in [-0.2, 0) is 22.2 Å². The Balaban J connectivity index is 1.82. The molecule has 0 spiro atoms. The van der Waals surface area contributed by atoms with Gasteiger partial charge in [0.15, 0.2) is 0 Å². The average Bonchev–Trinajstić information content (AvgIpc) is 2.55. The highest BCUT2D eigenvalue weighted by molar-refractivity contribution is 5.94. The zero-order valence-electron chi connectivity index (χ0n) is 12.9. The van der Waals surface area contributed by atoms with E-state index in [2.05, 4.69) is 10.6 Å². The highest BCUT2D eigenvalue weighted by atomic mass is 19.4. The molecule has 0 aliphatic carbocycles. The largest absolute Gasteiger partial charge is 0.416 e. The highest BCUT2D eigenvalue weighted by Gasteiger charge is 2.29. The maximum atomic E-state index is 13.4. The predicted octanol–water partition coefficient (Wildman–Crippen LogP) is 3.14. The van der Waals surface area contributed by atoms with E-state index in [0.29, 0.717) is 0 Å². The van der Waals surface area contributed by atoms with Crippen LogP contribution in [0.3, 0.4) is 0 Å². The molecule has 0 heterocycles. The van der Waals surface area contributed by atoms with Gasteiger partial charge in [-0.25, -0.2) is 4.39 Å². The molecular formula is C17H14F4N2O2. The lowest BCUT2D eigenvalue weighted by molar-refractivity contribution is -0.137. The lowest BCUT2D eigenvalue weighted by atomic mass is 10.1. The summed E-state index contributed by atoms with van der Waals surface area (Å²) < 4.78 is 50.7. The van der Waals surface area contributed by atoms with Crippen molar-refractivity contribution in [3.05, 3.63) is 65.5 Å². The molecule has 2 aromatic carbocycles. The van der Waals surface area contributed by atoms with Gasteiger partial charge in [0.1, 0.15) is 5.82 Å². The second-order valence-electron chi connectivity index (χ2n) is 5.17. The van der Waals surface area contributed by atoms with Crippen molar-refractivity contribution < 1.29 is 27.2 Å². The molecule has 8 heteroatoms. The number of hydrogen-bond donors (Lipinski definition) is 2. The van der Waals surface area contributed by atoms with Gasteiger partial charge in [-0.2, -0.15) is 13.2 Å². The molecule has 0 aliphatic heterocycles. The summed E-state index contributed by atoms with van der Waals surface area (Å²) in [6, 6.07) is 9.66. The molecule has 0 fully saturated rings. The summed E-state index contributed by atoms with van der Waals surface area (Å²) >= 11 is 0. The maximum absolute atomic E-state index is 13.4. The van der Waals surface area contributed by atoms with Crippen molar-refractivity contribution in [2.24, 2.45) is 0 Å². The molecule has 2 rings (SSSR count). The van der Waals surface area contributed by atoms with E-state index < -0.39 is 29.4 Å². The molecule has 0 saturated heterocycles. The first-order valence-electron chi connectivity index (χ1n) is 7.23. The first kappa shape index (κ1) is 18.4. The molecule has 132 valence electrons. The van der Waals surface area contributed by atoms with Crippen molar-refractivity contribution in [3.63, 3.8) is 0 Å².